The summed E-state index contributed by atoms with van der Waals surface area (Å²) in [5, 5.41) is 3.02. The van der Waals surface area contributed by atoms with Gasteiger partial charge in [-0.05, 0) is 25.0 Å². The quantitative estimate of drug-likeness (QED) is 0.825. The molecule has 0 radical (unpaired) electrons. The minimum Gasteiger partial charge on any atom is -0.373 e. The topological polar surface area (TPSA) is 45.2 Å². The summed E-state index contributed by atoms with van der Waals surface area (Å²) in [4.78, 5) is 17.9. The van der Waals surface area contributed by atoms with E-state index in [-0.39, 0.29) is 11.9 Å². The van der Waals surface area contributed by atoms with Gasteiger partial charge in [0.15, 0.2) is 0 Å². The van der Waals surface area contributed by atoms with E-state index in [1.807, 2.05) is 30.1 Å². The van der Waals surface area contributed by atoms with Gasteiger partial charge < -0.3 is 10.2 Å². The Morgan fingerprint density at radius 1 is 1.56 bits per heavy atom. The third-order valence-corrected chi connectivity index (χ3v) is 3.03. The van der Waals surface area contributed by atoms with Crippen molar-refractivity contribution in [3.8, 4) is 0 Å². The number of carbonyl (C=O) groups excluding carboxylic acids is 1. The van der Waals surface area contributed by atoms with Crippen LogP contribution in [0.15, 0.2) is 18.2 Å². The minimum absolute atomic E-state index is 0.138. The van der Waals surface area contributed by atoms with Gasteiger partial charge in [-0.3, -0.25) is 4.79 Å². The summed E-state index contributed by atoms with van der Waals surface area (Å²) in [7, 11) is 1.85. The van der Waals surface area contributed by atoms with E-state index in [0.29, 0.717) is 0 Å². The van der Waals surface area contributed by atoms with Crippen LogP contribution < -0.4 is 5.32 Å². The molecule has 0 bridgehead atoms. The van der Waals surface area contributed by atoms with Crippen LogP contribution in [0.3, 0.4) is 0 Å². The van der Waals surface area contributed by atoms with Crippen LogP contribution in [0.5, 0.6) is 0 Å². The SMILES string of the molecule is CNc1cccc(C2CCCN2C(C)=O)n1. The van der Waals surface area contributed by atoms with Gasteiger partial charge in [-0.25, -0.2) is 4.98 Å². The van der Waals surface area contributed by atoms with E-state index in [1.54, 1.807) is 6.92 Å². The number of nitrogens with zero attached hydrogens (tertiary/aromatic N) is 2. The zero-order valence-corrected chi connectivity index (χ0v) is 9.73. The van der Waals surface area contributed by atoms with Crippen LogP contribution in [0.4, 0.5) is 5.82 Å². The summed E-state index contributed by atoms with van der Waals surface area (Å²) in [6.45, 7) is 2.48. The Morgan fingerprint density at radius 2 is 2.38 bits per heavy atom. The molecule has 1 atom stereocenters. The number of aromatic nitrogens is 1. The monoisotopic (exact) mass is 219 g/mol. The van der Waals surface area contributed by atoms with Gasteiger partial charge in [0.2, 0.25) is 5.91 Å². The first-order valence-corrected chi connectivity index (χ1v) is 5.64. The lowest BCUT2D eigenvalue weighted by Crippen LogP contribution is -2.28. The number of pyridine rings is 1. The van der Waals surface area contributed by atoms with Crippen molar-refractivity contribution in [1.82, 2.24) is 9.88 Å². The highest BCUT2D eigenvalue weighted by atomic mass is 16.2. The van der Waals surface area contributed by atoms with E-state index in [1.165, 1.54) is 0 Å². The summed E-state index contributed by atoms with van der Waals surface area (Å²) in [6.07, 6.45) is 2.08. The molecule has 1 aromatic heterocycles. The van der Waals surface area contributed by atoms with Crippen LogP contribution in [0, 0.1) is 0 Å². The first kappa shape index (κ1) is 10.9. The molecule has 0 aromatic carbocycles. The standard InChI is InChI=1S/C12H17N3O/c1-9(16)15-8-4-6-11(15)10-5-3-7-12(13-2)14-10/h3,5,7,11H,4,6,8H2,1-2H3,(H,13,14). The molecule has 1 aromatic rings. The number of likely N-dealkylation sites (tertiary alicyclic amines) is 1. The lowest BCUT2D eigenvalue weighted by atomic mass is 10.1. The molecule has 2 rings (SSSR count). The Kier molecular flexibility index (Phi) is 3.08. The van der Waals surface area contributed by atoms with Gasteiger partial charge in [0.25, 0.3) is 0 Å². The van der Waals surface area contributed by atoms with Crippen LogP contribution in [-0.4, -0.2) is 29.4 Å². The maximum Gasteiger partial charge on any atom is 0.220 e. The molecule has 16 heavy (non-hydrogen) atoms. The number of hydrogen-bond acceptors (Lipinski definition) is 3. The van der Waals surface area contributed by atoms with E-state index in [2.05, 4.69) is 10.3 Å². The molecule has 2 heterocycles. The molecule has 4 nitrogen and oxygen atoms in total. The van der Waals surface area contributed by atoms with E-state index < -0.39 is 0 Å². The number of rotatable bonds is 2. The number of hydrogen-bond donors (Lipinski definition) is 1. The first-order chi connectivity index (χ1) is 7.72. The van der Waals surface area contributed by atoms with Crippen LogP contribution in [0.1, 0.15) is 31.5 Å². The summed E-state index contributed by atoms with van der Waals surface area (Å²) in [6, 6.07) is 6.06. The van der Waals surface area contributed by atoms with Crippen molar-refractivity contribution in [1.29, 1.82) is 0 Å². The molecule has 1 fully saturated rings. The van der Waals surface area contributed by atoms with Crippen LogP contribution in [0.25, 0.3) is 0 Å². The summed E-state index contributed by atoms with van der Waals surface area (Å²) in [5.41, 5.74) is 0.986. The summed E-state index contributed by atoms with van der Waals surface area (Å²) in [5.74, 6) is 0.993. The molecule has 1 unspecified atom stereocenters. The molecule has 1 N–H and O–H groups in total. The van der Waals surface area contributed by atoms with Gasteiger partial charge in [0, 0.05) is 20.5 Å². The third-order valence-electron chi connectivity index (χ3n) is 3.03. The lowest BCUT2D eigenvalue weighted by Gasteiger charge is -2.23. The molecular formula is C12H17N3O. The van der Waals surface area contributed by atoms with Gasteiger partial charge in [-0.15, -0.1) is 0 Å². The molecule has 1 aliphatic heterocycles. The van der Waals surface area contributed by atoms with Gasteiger partial charge in [0.05, 0.1) is 11.7 Å². The van der Waals surface area contributed by atoms with E-state index in [0.717, 1.165) is 30.9 Å². The molecule has 86 valence electrons. The second-order valence-electron chi connectivity index (χ2n) is 4.07. The Bertz CT molecular complexity index is 392. The largest absolute Gasteiger partial charge is 0.373 e. The molecule has 0 saturated carbocycles. The highest BCUT2D eigenvalue weighted by Gasteiger charge is 2.28. The fourth-order valence-corrected chi connectivity index (χ4v) is 2.23. The summed E-state index contributed by atoms with van der Waals surface area (Å²) < 4.78 is 0. The number of anilines is 1. The van der Waals surface area contributed by atoms with Gasteiger partial charge >= 0.3 is 0 Å². The highest BCUT2D eigenvalue weighted by Crippen LogP contribution is 2.31. The van der Waals surface area contributed by atoms with Crippen molar-refractivity contribution < 1.29 is 4.79 Å². The van der Waals surface area contributed by atoms with Gasteiger partial charge in [0.1, 0.15) is 5.82 Å². The minimum atomic E-state index is 0.138. The predicted octanol–water partition coefficient (Wildman–Crippen LogP) is 1.81. The van der Waals surface area contributed by atoms with Crippen molar-refractivity contribution >= 4 is 11.7 Å². The zero-order chi connectivity index (χ0) is 11.5. The molecule has 0 aliphatic carbocycles. The second-order valence-corrected chi connectivity index (χ2v) is 4.07. The average molecular weight is 219 g/mol. The predicted molar refractivity (Wildman–Crippen MR) is 63.1 cm³/mol. The number of carbonyl (C=O) groups is 1. The van der Waals surface area contributed by atoms with Crippen molar-refractivity contribution in [2.24, 2.45) is 0 Å². The Balaban J connectivity index is 2.25. The molecule has 1 amide bonds. The fraction of sp³-hybridized carbons (Fsp3) is 0.500. The maximum atomic E-state index is 11.5. The van der Waals surface area contributed by atoms with Crippen LogP contribution >= 0.6 is 0 Å². The second kappa shape index (κ2) is 4.51. The fourth-order valence-electron chi connectivity index (χ4n) is 2.23. The third kappa shape index (κ3) is 2.01. The average Bonchev–Trinajstić information content (AvgIpc) is 2.78. The van der Waals surface area contributed by atoms with Gasteiger partial charge in [-0.2, -0.15) is 0 Å². The van der Waals surface area contributed by atoms with E-state index >= 15 is 0 Å². The van der Waals surface area contributed by atoms with Gasteiger partial charge in [-0.1, -0.05) is 6.07 Å². The smallest absolute Gasteiger partial charge is 0.220 e. The lowest BCUT2D eigenvalue weighted by molar-refractivity contribution is -0.129. The van der Waals surface area contributed by atoms with Crippen molar-refractivity contribution in [3.05, 3.63) is 23.9 Å². The highest BCUT2D eigenvalue weighted by molar-refractivity contribution is 5.74. The Hall–Kier alpha value is -1.58. The molecule has 1 saturated heterocycles. The summed E-state index contributed by atoms with van der Waals surface area (Å²) >= 11 is 0. The molecular weight excluding hydrogens is 202 g/mol. The first-order valence-electron chi connectivity index (χ1n) is 5.64. The zero-order valence-electron chi connectivity index (χ0n) is 9.73. The van der Waals surface area contributed by atoms with Crippen molar-refractivity contribution in [3.63, 3.8) is 0 Å². The Morgan fingerprint density at radius 3 is 3.06 bits per heavy atom. The van der Waals surface area contributed by atoms with E-state index in [4.69, 9.17) is 0 Å². The molecule has 4 heteroatoms. The maximum absolute atomic E-state index is 11.5. The normalized spacial score (nSPS) is 19.9. The Labute approximate surface area is 95.7 Å². The van der Waals surface area contributed by atoms with E-state index in [9.17, 15) is 4.79 Å². The van der Waals surface area contributed by atoms with Crippen LogP contribution in [-0.2, 0) is 4.79 Å². The number of amides is 1. The van der Waals surface area contributed by atoms with Crippen molar-refractivity contribution in [2.45, 2.75) is 25.8 Å². The van der Waals surface area contributed by atoms with Crippen molar-refractivity contribution in [2.75, 3.05) is 18.9 Å². The number of nitrogens with one attached hydrogen (secondary N) is 1. The molecule has 0 spiro atoms. The molecule has 1 aliphatic rings. The van der Waals surface area contributed by atoms with Crippen LogP contribution in [0.2, 0.25) is 0 Å².